The van der Waals surface area contributed by atoms with Crippen LogP contribution in [0.25, 0.3) is 0 Å². The van der Waals surface area contributed by atoms with Crippen molar-refractivity contribution in [3.8, 4) is 0 Å². The summed E-state index contributed by atoms with van der Waals surface area (Å²) in [6.45, 7) is 9.12. The van der Waals surface area contributed by atoms with Crippen molar-refractivity contribution < 1.29 is 0 Å². The molecule has 2 nitrogen and oxygen atoms in total. The molecule has 0 spiro atoms. The summed E-state index contributed by atoms with van der Waals surface area (Å²) in [4.78, 5) is 5.28. The highest BCUT2D eigenvalue weighted by molar-refractivity contribution is 4.81. The second-order valence-electron chi connectivity index (χ2n) is 9.36. The summed E-state index contributed by atoms with van der Waals surface area (Å²) in [6.07, 6.45) is 21.9. The molecule has 0 aliphatic carbocycles. The Kier molecular flexibility index (Phi) is 12.0. The van der Waals surface area contributed by atoms with Crippen LogP contribution in [0.15, 0.2) is 0 Å². The zero-order valence-corrected chi connectivity index (χ0v) is 18.2. The summed E-state index contributed by atoms with van der Waals surface area (Å²) < 4.78 is 0. The molecule has 26 heavy (non-hydrogen) atoms. The summed E-state index contributed by atoms with van der Waals surface area (Å²) >= 11 is 0. The molecule has 0 N–H and O–H groups in total. The fourth-order valence-corrected chi connectivity index (χ4v) is 5.15. The number of hydrogen-bond donors (Lipinski definition) is 0. The quantitative estimate of drug-likeness (QED) is 0.351. The van der Waals surface area contributed by atoms with Gasteiger partial charge >= 0.3 is 0 Å². The Morgan fingerprint density at radius 3 is 1.50 bits per heavy atom. The summed E-state index contributed by atoms with van der Waals surface area (Å²) in [5, 5.41) is 0. The average molecular weight is 365 g/mol. The Labute approximate surface area is 165 Å². The molecule has 2 fully saturated rings. The molecule has 154 valence electrons. The fourth-order valence-electron chi connectivity index (χ4n) is 5.15. The van der Waals surface area contributed by atoms with Crippen LogP contribution in [0.5, 0.6) is 0 Å². The summed E-state index contributed by atoms with van der Waals surface area (Å²) in [5.74, 6) is 2.08. The van der Waals surface area contributed by atoms with Crippen LogP contribution in [-0.4, -0.2) is 49.6 Å². The van der Waals surface area contributed by atoms with Crippen molar-refractivity contribution >= 4 is 0 Å². The molecule has 2 saturated heterocycles. The predicted molar refractivity (Wildman–Crippen MR) is 116 cm³/mol. The SMILES string of the molecule is CCCCCCCCCCCCCN1CCC(C2CCN(C)CC2)CC1. The molecule has 0 saturated carbocycles. The number of likely N-dealkylation sites (tertiary alicyclic amines) is 2. The van der Waals surface area contributed by atoms with Gasteiger partial charge in [-0.05, 0) is 83.7 Å². The lowest BCUT2D eigenvalue weighted by Crippen LogP contribution is -2.40. The minimum atomic E-state index is 1.04. The van der Waals surface area contributed by atoms with E-state index in [0.717, 1.165) is 11.8 Å². The van der Waals surface area contributed by atoms with Crippen molar-refractivity contribution in [3.05, 3.63) is 0 Å². The molecule has 0 aromatic rings. The first-order valence-electron chi connectivity index (χ1n) is 12.2. The van der Waals surface area contributed by atoms with Crippen molar-refractivity contribution in [1.82, 2.24) is 9.80 Å². The van der Waals surface area contributed by atoms with Gasteiger partial charge in [-0.2, -0.15) is 0 Å². The van der Waals surface area contributed by atoms with Crippen molar-refractivity contribution in [2.24, 2.45) is 11.8 Å². The number of nitrogens with zero attached hydrogens (tertiary/aromatic N) is 2. The largest absolute Gasteiger partial charge is 0.306 e. The highest BCUT2D eigenvalue weighted by Crippen LogP contribution is 2.32. The molecule has 2 heterocycles. The predicted octanol–water partition coefficient (Wildman–Crippen LogP) is 6.35. The molecule has 0 atom stereocenters. The van der Waals surface area contributed by atoms with E-state index in [1.165, 1.54) is 129 Å². The van der Waals surface area contributed by atoms with E-state index in [4.69, 9.17) is 0 Å². The van der Waals surface area contributed by atoms with Gasteiger partial charge in [0.05, 0.1) is 0 Å². The minimum Gasteiger partial charge on any atom is -0.306 e. The molecule has 2 aliphatic rings. The highest BCUT2D eigenvalue weighted by Gasteiger charge is 2.28. The van der Waals surface area contributed by atoms with Crippen LogP contribution in [0.4, 0.5) is 0 Å². The molecule has 0 amide bonds. The maximum Gasteiger partial charge on any atom is -0.00160 e. The van der Waals surface area contributed by atoms with Crippen LogP contribution >= 0.6 is 0 Å². The lowest BCUT2D eigenvalue weighted by molar-refractivity contribution is 0.104. The summed E-state index contributed by atoms with van der Waals surface area (Å²) in [6, 6.07) is 0. The standard InChI is InChI=1S/C24H48N2/c1-3-4-5-6-7-8-9-10-11-12-13-18-26-21-16-24(17-22-26)23-14-19-25(2)20-15-23/h23-24H,3-22H2,1-2H3. The smallest absolute Gasteiger partial charge is 0.00160 e. The van der Waals surface area contributed by atoms with Crippen molar-refractivity contribution in [2.75, 3.05) is 39.8 Å². The molecule has 2 aliphatic heterocycles. The second-order valence-corrected chi connectivity index (χ2v) is 9.36. The van der Waals surface area contributed by atoms with Crippen molar-refractivity contribution in [1.29, 1.82) is 0 Å². The number of hydrogen-bond acceptors (Lipinski definition) is 2. The minimum absolute atomic E-state index is 1.04. The van der Waals surface area contributed by atoms with E-state index in [2.05, 4.69) is 23.8 Å². The number of piperidine rings is 2. The maximum atomic E-state index is 2.76. The number of unbranched alkanes of at least 4 members (excludes halogenated alkanes) is 10. The van der Waals surface area contributed by atoms with Gasteiger partial charge in [0.15, 0.2) is 0 Å². The lowest BCUT2D eigenvalue weighted by atomic mass is 9.79. The lowest BCUT2D eigenvalue weighted by Gasteiger charge is -2.39. The van der Waals surface area contributed by atoms with Gasteiger partial charge in [-0.15, -0.1) is 0 Å². The topological polar surface area (TPSA) is 6.48 Å². The van der Waals surface area contributed by atoms with Gasteiger partial charge in [0.1, 0.15) is 0 Å². The van der Waals surface area contributed by atoms with Crippen LogP contribution in [-0.2, 0) is 0 Å². The van der Waals surface area contributed by atoms with Gasteiger partial charge in [0, 0.05) is 0 Å². The number of rotatable bonds is 13. The van der Waals surface area contributed by atoms with E-state index in [1.807, 2.05) is 0 Å². The maximum absolute atomic E-state index is 2.76. The Morgan fingerprint density at radius 2 is 1.00 bits per heavy atom. The Hall–Kier alpha value is -0.0800. The van der Waals surface area contributed by atoms with Gasteiger partial charge in [0.2, 0.25) is 0 Å². The van der Waals surface area contributed by atoms with Crippen LogP contribution in [0.3, 0.4) is 0 Å². The first-order chi connectivity index (χ1) is 12.8. The van der Waals surface area contributed by atoms with Crippen LogP contribution in [0.2, 0.25) is 0 Å². The second kappa shape index (κ2) is 14.0. The van der Waals surface area contributed by atoms with Crippen LogP contribution < -0.4 is 0 Å². The molecule has 2 rings (SSSR count). The van der Waals surface area contributed by atoms with Gasteiger partial charge in [-0.25, -0.2) is 0 Å². The Balaban J connectivity index is 1.37. The van der Waals surface area contributed by atoms with E-state index in [1.54, 1.807) is 0 Å². The van der Waals surface area contributed by atoms with E-state index >= 15 is 0 Å². The molecule has 0 aromatic heterocycles. The van der Waals surface area contributed by atoms with Crippen molar-refractivity contribution in [3.63, 3.8) is 0 Å². The van der Waals surface area contributed by atoms with E-state index in [0.29, 0.717) is 0 Å². The third-order valence-corrected chi connectivity index (χ3v) is 7.14. The molecule has 0 aromatic carbocycles. The zero-order valence-electron chi connectivity index (χ0n) is 18.2. The van der Waals surface area contributed by atoms with E-state index in [9.17, 15) is 0 Å². The molecule has 0 radical (unpaired) electrons. The zero-order chi connectivity index (χ0) is 18.5. The van der Waals surface area contributed by atoms with Gasteiger partial charge < -0.3 is 9.80 Å². The molecule has 0 unspecified atom stereocenters. The van der Waals surface area contributed by atoms with Gasteiger partial charge in [-0.1, -0.05) is 71.1 Å². The average Bonchev–Trinajstić information content (AvgIpc) is 2.67. The summed E-state index contributed by atoms with van der Waals surface area (Å²) in [7, 11) is 2.28. The summed E-state index contributed by atoms with van der Waals surface area (Å²) in [5.41, 5.74) is 0. The Bertz CT molecular complexity index is 314. The molecule has 2 heteroatoms. The fraction of sp³-hybridized carbons (Fsp3) is 1.00. The molecular formula is C24H48N2. The van der Waals surface area contributed by atoms with E-state index < -0.39 is 0 Å². The van der Waals surface area contributed by atoms with Crippen LogP contribution in [0.1, 0.15) is 103 Å². The normalized spacial score (nSPS) is 21.5. The highest BCUT2D eigenvalue weighted by atomic mass is 15.1. The Morgan fingerprint density at radius 1 is 0.577 bits per heavy atom. The van der Waals surface area contributed by atoms with Gasteiger partial charge in [0.25, 0.3) is 0 Å². The van der Waals surface area contributed by atoms with E-state index in [-0.39, 0.29) is 0 Å². The first kappa shape index (κ1) is 22.2. The first-order valence-corrected chi connectivity index (χ1v) is 12.2. The third kappa shape index (κ3) is 9.22. The molecule has 0 bridgehead atoms. The van der Waals surface area contributed by atoms with Gasteiger partial charge in [-0.3, -0.25) is 0 Å². The van der Waals surface area contributed by atoms with Crippen LogP contribution in [0, 0.1) is 11.8 Å². The third-order valence-electron chi connectivity index (χ3n) is 7.14. The van der Waals surface area contributed by atoms with Crippen molar-refractivity contribution in [2.45, 2.75) is 103 Å². The molecular weight excluding hydrogens is 316 g/mol. The monoisotopic (exact) mass is 364 g/mol.